The van der Waals surface area contributed by atoms with Crippen LogP contribution in [0.1, 0.15) is 53.4 Å². The summed E-state index contributed by atoms with van der Waals surface area (Å²) >= 11 is 0. The average molecular weight is 224 g/mol. The summed E-state index contributed by atoms with van der Waals surface area (Å²) in [6.07, 6.45) is 8.33. The topological polar surface area (TPSA) is 37.3 Å². The van der Waals surface area contributed by atoms with Crippen LogP contribution in [0.4, 0.5) is 0 Å². The number of hydrogen-bond donors (Lipinski definition) is 1. The normalized spacial score (nSPS) is 13.4. The Balaban J connectivity index is 3.74. The maximum atomic E-state index is 10.5. The van der Waals surface area contributed by atoms with E-state index in [2.05, 4.69) is 26.8 Å². The smallest absolute Gasteiger partial charge is 0.330 e. The molecule has 0 heterocycles. The van der Waals surface area contributed by atoms with Gasteiger partial charge in [0.1, 0.15) is 0 Å². The molecule has 0 aliphatic carbocycles. The summed E-state index contributed by atoms with van der Waals surface area (Å²) in [5.41, 5.74) is 1.82. The molecule has 0 aromatic heterocycles. The lowest BCUT2D eigenvalue weighted by Crippen LogP contribution is -1.97. The number of aliphatic carboxylic acids is 1. The fourth-order valence-electron chi connectivity index (χ4n) is 1.47. The van der Waals surface area contributed by atoms with Gasteiger partial charge in [-0.1, -0.05) is 24.6 Å². The van der Waals surface area contributed by atoms with Crippen molar-refractivity contribution in [2.45, 2.75) is 53.4 Å². The number of allylic oxidation sites excluding steroid dienone is 3. The highest BCUT2D eigenvalue weighted by molar-refractivity contribution is 5.85. The molecule has 0 bridgehead atoms. The first-order chi connectivity index (χ1) is 7.43. The van der Waals surface area contributed by atoms with Gasteiger partial charge >= 0.3 is 5.97 Å². The lowest BCUT2D eigenvalue weighted by atomic mass is 9.98. The van der Waals surface area contributed by atoms with Crippen molar-refractivity contribution in [3.05, 3.63) is 23.3 Å². The van der Waals surface area contributed by atoms with Gasteiger partial charge in [-0.2, -0.15) is 0 Å². The zero-order valence-electron chi connectivity index (χ0n) is 10.9. The van der Waals surface area contributed by atoms with Gasteiger partial charge in [0.25, 0.3) is 0 Å². The predicted molar refractivity (Wildman–Crippen MR) is 68.5 cm³/mol. The number of carbonyl (C=O) groups is 1. The third-order valence-corrected chi connectivity index (χ3v) is 2.66. The van der Waals surface area contributed by atoms with Gasteiger partial charge < -0.3 is 5.11 Å². The van der Waals surface area contributed by atoms with Crippen LogP contribution in [0.5, 0.6) is 0 Å². The summed E-state index contributed by atoms with van der Waals surface area (Å²) in [5.74, 6) is -0.148. The van der Waals surface area contributed by atoms with Crippen LogP contribution in [0.25, 0.3) is 0 Å². The molecular formula is C14H24O2. The molecule has 0 amide bonds. The third kappa shape index (κ3) is 8.27. The quantitative estimate of drug-likeness (QED) is 0.520. The van der Waals surface area contributed by atoms with E-state index in [-0.39, 0.29) is 0 Å². The summed E-state index contributed by atoms with van der Waals surface area (Å²) in [7, 11) is 0. The van der Waals surface area contributed by atoms with Crippen molar-refractivity contribution in [3.8, 4) is 0 Å². The van der Waals surface area contributed by atoms with Crippen molar-refractivity contribution in [1.29, 1.82) is 0 Å². The van der Waals surface area contributed by atoms with E-state index in [4.69, 9.17) is 5.11 Å². The van der Waals surface area contributed by atoms with Crippen LogP contribution in [0, 0.1) is 5.92 Å². The average Bonchev–Trinajstić information content (AvgIpc) is 2.16. The van der Waals surface area contributed by atoms with Gasteiger partial charge in [-0.15, -0.1) is 0 Å². The van der Waals surface area contributed by atoms with Gasteiger partial charge in [0, 0.05) is 5.57 Å². The van der Waals surface area contributed by atoms with E-state index in [9.17, 15) is 4.79 Å². The molecule has 0 rings (SSSR count). The van der Waals surface area contributed by atoms with Crippen molar-refractivity contribution in [2.24, 2.45) is 5.92 Å². The summed E-state index contributed by atoms with van der Waals surface area (Å²) in [6, 6.07) is 0. The second-order valence-corrected chi connectivity index (χ2v) is 4.73. The minimum atomic E-state index is -0.808. The first-order valence-corrected chi connectivity index (χ1v) is 5.97. The molecule has 1 N–H and O–H groups in total. The lowest BCUT2D eigenvalue weighted by molar-refractivity contribution is -0.132. The van der Waals surface area contributed by atoms with E-state index in [1.807, 2.05) is 6.08 Å². The van der Waals surface area contributed by atoms with Gasteiger partial charge in [0.2, 0.25) is 0 Å². The van der Waals surface area contributed by atoms with Crippen molar-refractivity contribution in [1.82, 2.24) is 0 Å². The zero-order chi connectivity index (χ0) is 12.6. The zero-order valence-corrected chi connectivity index (χ0v) is 10.9. The second-order valence-electron chi connectivity index (χ2n) is 4.73. The molecule has 0 saturated heterocycles. The number of carboxylic acid groups (broad SMARTS) is 1. The number of hydrogen-bond acceptors (Lipinski definition) is 1. The minimum Gasteiger partial charge on any atom is -0.478 e. The Morgan fingerprint density at radius 1 is 1.12 bits per heavy atom. The molecule has 0 aliphatic rings. The first-order valence-electron chi connectivity index (χ1n) is 5.97. The standard InChI is InChI=1S/C14H24O2/c1-11(2)7-5-8-12(3)9-6-10-13(4)14(15)16/h7,10,12H,5-6,8-9H2,1-4H3,(H,15,16)/t12-/m1/s1. The van der Waals surface area contributed by atoms with E-state index in [1.165, 1.54) is 12.0 Å². The van der Waals surface area contributed by atoms with Crippen LogP contribution in [-0.4, -0.2) is 11.1 Å². The summed E-state index contributed by atoms with van der Waals surface area (Å²) in [6.45, 7) is 8.10. The Labute approximate surface area is 99.1 Å². The fourth-order valence-corrected chi connectivity index (χ4v) is 1.47. The molecule has 0 aliphatic heterocycles. The van der Waals surface area contributed by atoms with E-state index < -0.39 is 5.97 Å². The SMILES string of the molecule is CC(C)=CCC[C@@H](C)CCC=C(C)C(=O)O. The van der Waals surface area contributed by atoms with Crippen LogP contribution < -0.4 is 0 Å². The molecule has 0 saturated carbocycles. The van der Waals surface area contributed by atoms with Gasteiger partial charge in [-0.25, -0.2) is 4.79 Å². The molecule has 0 unspecified atom stereocenters. The molecule has 2 heteroatoms. The predicted octanol–water partition coefficient (Wildman–Crippen LogP) is 4.18. The molecule has 0 spiro atoms. The van der Waals surface area contributed by atoms with Crippen LogP contribution in [0.15, 0.2) is 23.3 Å². The molecule has 16 heavy (non-hydrogen) atoms. The van der Waals surface area contributed by atoms with E-state index in [1.54, 1.807) is 6.92 Å². The number of carboxylic acids is 1. The van der Waals surface area contributed by atoms with Crippen molar-refractivity contribution in [2.75, 3.05) is 0 Å². The Hall–Kier alpha value is -1.05. The third-order valence-electron chi connectivity index (χ3n) is 2.66. The molecule has 0 radical (unpaired) electrons. The summed E-state index contributed by atoms with van der Waals surface area (Å²) < 4.78 is 0. The Bertz CT molecular complexity index is 270. The van der Waals surface area contributed by atoms with E-state index in [0.29, 0.717) is 11.5 Å². The fraction of sp³-hybridized carbons (Fsp3) is 0.643. The van der Waals surface area contributed by atoms with Crippen LogP contribution in [0.2, 0.25) is 0 Å². The Kier molecular flexibility index (Phi) is 7.61. The second kappa shape index (κ2) is 8.14. The Morgan fingerprint density at radius 2 is 1.62 bits per heavy atom. The van der Waals surface area contributed by atoms with Crippen LogP contribution >= 0.6 is 0 Å². The molecular weight excluding hydrogens is 200 g/mol. The molecule has 0 fully saturated rings. The van der Waals surface area contributed by atoms with Gasteiger partial charge in [-0.3, -0.25) is 0 Å². The molecule has 0 aromatic carbocycles. The number of rotatable bonds is 7. The van der Waals surface area contributed by atoms with Gasteiger partial charge in [-0.05, 0) is 52.4 Å². The summed E-state index contributed by atoms with van der Waals surface area (Å²) in [5, 5.41) is 8.67. The van der Waals surface area contributed by atoms with Crippen molar-refractivity contribution < 1.29 is 9.90 Å². The van der Waals surface area contributed by atoms with E-state index >= 15 is 0 Å². The van der Waals surface area contributed by atoms with Crippen molar-refractivity contribution in [3.63, 3.8) is 0 Å². The molecule has 1 atom stereocenters. The Morgan fingerprint density at radius 3 is 2.06 bits per heavy atom. The largest absolute Gasteiger partial charge is 0.478 e. The lowest BCUT2D eigenvalue weighted by Gasteiger charge is -2.08. The maximum absolute atomic E-state index is 10.5. The maximum Gasteiger partial charge on any atom is 0.330 e. The highest BCUT2D eigenvalue weighted by Gasteiger charge is 2.02. The highest BCUT2D eigenvalue weighted by Crippen LogP contribution is 2.14. The van der Waals surface area contributed by atoms with Crippen molar-refractivity contribution >= 4 is 5.97 Å². The molecule has 0 aromatic rings. The van der Waals surface area contributed by atoms with Gasteiger partial charge in [0.05, 0.1) is 0 Å². The molecule has 92 valence electrons. The minimum absolute atomic E-state index is 0.455. The summed E-state index contributed by atoms with van der Waals surface area (Å²) in [4.78, 5) is 10.5. The van der Waals surface area contributed by atoms with E-state index in [0.717, 1.165) is 19.3 Å². The highest BCUT2D eigenvalue weighted by atomic mass is 16.4. The van der Waals surface area contributed by atoms with Crippen LogP contribution in [0.3, 0.4) is 0 Å². The van der Waals surface area contributed by atoms with Crippen LogP contribution in [-0.2, 0) is 4.79 Å². The first kappa shape index (κ1) is 14.9. The van der Waals surface area contributed by atoms with Gasteiger partial charge in [0.15, 0.2) is 0 Å². The molecule has 2 nitrogen and oxygen atoms in total. The monoisotopic (exact) mass is 224 g/mol.